The molecule has 0 amide bonds. The molecule has 0 saturated carbocycles. The molecular formula is C18H18Br2ClF3. The van der Waals surface area contributed by atoms with Gasteiger partial charge in [-0.05, 0) is 79.1 Å². The minimum Gasteiger partial charge on any atom is -0.206 e. The second kappa shape index (κ2) is 9.25. The lowest BCUT2D eigenvalue weighted by atomic mass is 10.0. The first-order chi connectivity index (χ1) is 11.0. The van der Waals surface area contributed by atoms with Crippen molar-refractivity contribution in [3.05, 3.63) is 66.8 Å². The molecule has 0 unspecified atom stereocenters. The molecule has 132 valence electrons. The Morgan fingerprint density at radius 1 is 0.708 bits per heavy atom. The second-order valence-corrected chi connectivity index (χ2v) is 7.90. The summed E-state index contributed by atoms with van der Waals surface area (Å²) in [4.78, 5) is 0. The molecule has 2 rings (SSSR count). The minimum absolute atomic E-state index is 0.0908. The van der Waals surface area contributed by atoms with Crippen LogP contribution in [-0.2, 0) is 0 Å². The fraction of sp³-hybridized carbons (Fsp3) is 0.333. The molecule has 0 bridgehead atoms. The van der Waals surface area contributed by atoms with E-state index in [-0.39, 0.29) is 16.2 Å². The average Bonchev–Trinajstić information content (AvgIpc) is 2.49. The SMILES string of the molecule is CC(C)c1cc(F)c(Br)c(Cl)c1.CC(C)c1cc(F)c(Br)c(F)c1. The Bertz CT molecular complexity index is 608. The van der Waals surface area contributed by atoms with Crippen molar-refractivity contribution < 1.29 is 13.2 Å². The third kappa shape index (κ3) is 5.78. The van der Waals surface area contributed by atoms with Crippen LogP contribution in [0, 0.1) is 17.5 Å². The van der Waals surface area contributed by atoms with Crippen molar-refractivity contribution in [3.8, 4) is 0 Å². The van der Waals surface area contributed by atoms with E-state index in [0.717, 1.165) is 5.56 Å². The lowest BCUT2D eigenvalue weighted by Crippen LogP contribution is -1.92. The molecule has 2 aromatic rings. The van der Waals surface area contributed by atoms with Crippen molar-refractivity contribution in [3.63, 3.8) is 0 Å². The number of halogens is 6. The van der Waals surface area contributed by atoms with E-state index in [4.69, 9.17) is 11.6 Å². The van der Waals surface area contributed by atoms with Gasteiger partial charge in [-0.3, -0.25) is 0 Å². The number of hydrogen-bond acceptors (Lipinski definition) is 0. The van der Waals surface area contributed by atoms with Gasteiger partial charge in [-0.2, -0.15) is 0 Å². The molecule has 0 aliphatic rings. The molecule has 0 atom stereocenters. The maximum Gasteiger partial charge on any atom is 0.140 e. The van der Waals surface area contributed by atoms with Gasteiger partial charge in [-0.1, -0.05) is 39.3 Å². The van der Waals surface area contributed by atoms with E-state index in [1.165, 1.54) is 18.2 Å². The predicted molar refractivity (Wildman–Crippen MR) is 101 cm³/mol. The minimum atomic E-state index is -0.543. The first-order valence-corrected chi connectivity index (χ1v) is 9.29. The van der Waals surface area contributed by atoms with Crippen LogP contribution in [0.3, 0.4) is 0 Å². The highest BCUT2D eigenvalue weighted by Gasteiger charge is 2.10. The Labute approximate surface area is 162 Å². The van der Waals surface area contributed by atoms with Crippen molar-refractivity contribution in [2.24, 2.45) is 0 Å². The third-order valence-corrected chi connectivity index (χ3v) is 5.44. The van der Waals surface area contributed by atoms with Gasteiger partial charge in [0.1, 0.15) is 17.5 Å². The summed E-state index contributed by atoms with van der Waals surface area (Å²) in [6.45, 7) is 7.78. The molecule has 0 fully saturated rings. The highest BCUT2D eigenvalue weighted by Crippen LogP contribution is 2.29. The molecule has 0 N–H and O–H groups in total. The van der Waals surface area contributed by atoms with Gasteiger partial charge in [-0.15, -0.1) is 0 Å². The molecule has 24 heavy (non-hydrogen) atoms. The Hall–Kier alpha value is -0.520. The van der Waals surface area contributed by atoms with E-state index in [0.29, 0.717) is 21.0 Å². The molecule has 6 heteroatoms. The fourth-order valence-corrected chi connectivity index (χ4v) is 2.49. The zero-order valence-electron chi connectivity index (χ0n) is 13.7. The zero-order chi connectivity index (χ0) is 18.6. The van der Waals surface area contributed by atoms with Crippen LogP contribution in [0.15, 0.2) is 33.2 Å². The van der Waals surface area contributed by atoms with Gasteiger partial charge in [-0.25, -0.2) is 13.2 Å². The Kier molecular flexibility index (Phi) is 8.30. The van der Waals surface area contributed by atoms with E-state index in [1.807, 2.05) is 27.7 Å². The van der Waals surface area contributed by atoms with Gasteiger partial charge in [0.2, 0.25) is 0 Å². The molecule has 2 aromatic carbocycles. The highest BCUT2D eigenvalue weighted by atomic mass is 79.9. The van der Waals surface area contributed by atoms with Crippen LogP contribution in [-0.4, -0.2) is 0 Å². The Balaban J connectivity index is 0.000000240. The summed E-state index contributed by atoms with van der Waals surface area (Å²) >= 11 is 11.6. The van der Waals surface area contributed by atoms with Crippen LogP contribution >= 0.6 is 43.5 Å². The molecule has 0 aliphatic heterocycles. The van der Waals surface area contributed by atoms with Crippen LogP contribution in [0.4, 0.5) is 13.2 Å². The molecule has 0 heterocycles. The summed E-state index contributed by atoms with van der Waals surface area (Å²) in [5, 5.41) is 0.429. The largest absolute Gasteiger partial charge is 0.206 e. The van der Waals surface area contributed by atoms with E-state index in [1.54, 1.807) is 6.07 Å². The predicted octanol–water partition coefficient (Wildman–Crippen LogP) is 8.22. The Morgan fingerprint density at radius 3 is 1.38 bits per heavy atom. The lowest BCUT2D eigenvalue weighted by Gasteiger charge is -2.07. The molecule has 0 aromatic heterocycles. The van der Waals surface area contributed by atoms with E-state index < -0.39 is 11.6 Å². The zero-order valence-corrected chi connectivity index (χ0v) is 17.7. The molecular weight excluding hydrogens is 468 g/mol. The summed E-state index contributed by atoms with van der Waals surface area (Å²) in [5.41, 5.74) is 1.59. The Morgan fingerprint density at radius 2 is 1.04 bits per heavy atom. The maximum absolute atomic E-state index is 13.1. The second-order valence-electron chi connectivity index (χ2n) is 5.91. The molecule has 0 aliphatic carbocycles. The highest BCUT2D eigenvalue weighted by molar-refractivity contribution is 9.10. The van der Waals surface area contributed by atoms with Crippen molar-refractivity contribution in [2.75, 3.05) is 0 Å². The normalized spacial score (nSPS) is 10.8. The van der Waals surface area contributed by atoms with E-state index in [9.17, 15) is 13.2 Å². The van der Waals surface area contributed by atoms with Crippen LogP contribution in [0.5, 0.6) is 0 Å². The van der Waals surface area contributed by atoms with Gasteiger partial charge in [0.25, 0.3) is 0 Å². The van der Waals surface area contributed by atoms with Gasteiger partial charge < -0.3 is 0 Å². The number of benzene rings is 2. The molecule has 0 spiro atoms. The van der Waals surface area contributed by atoms with Crippen molar-refractivity contribution >= 4 is 43.5 Å². The maximum atomic E-state index is 13.1. The molecule has 0 radical (unpaired) electrons. The van der Waals surface area contributed by atoms with Crippen LogP contribution in [0.2, 0.25) is 5.02 Å². The van der Waals surface area contributed by atoms with Crippen LogP contribution in [0.25, 0.3) is 0 Å². The summed E-state index contributed by atoms with van der Waals surface area (Å²) in [6, 6.07) is 5.97. The third-order valence-electron chi connectivity index (χ3n) is 3.35. The monoisotopic (exact) mass is 484 g/mol. The smallest absolute Gasteiger partial charge is 0.140 e. The summed E-state index contributed by atoms with van der Waals surface area (Å²) in [5.74, 6) is -0.948. The summed E-state index contributed by atoms with van der Waals surface area (Å²) < 4.78 is 39.1. The van der Waals surface area contributed by atoms with Crippen LogP contribution in [0.1, 0.15) is 50.7 Å². The van der Waals surface area contributed by atoms with Crippen LogP contribution < -0.4 is 0 Å². The standard InChI is InChI=1S/C9H9BrClF.C9H9BrF2/c2*1-5(2)6-3-7(11)9(10)8(12)4-6/h2*3-5H,1-2H3. The molecule has 0 nitrogen and oxygen atoms in total. The van der Waals surface area contributed by atoms with E-state index >= 15 is 0 Å². The van der Waals surface area contributed by atoms with Crippen molar-refractivity contribution in [1.29, 1.82) is 0 Å². The van der Waals surface area contributed by atoms with Gasteiger partial charge >= 0.3 is 0 Å². The fourth-order valence-electron chi connectivity index (χ4n) is 1.82. The summed E-state index contributed by atoms with van der Waals surface area (Å²) in [7, 11) is 0. The molecule has 0 saturated heterocycles. The average molecular weight is 487 g/mol. The van der Waals surface area contributed by atoms with Gasteiger partial charge in [0.15, 0.2) is 0 Å². The van der Waals surface area contributed by atoms with Gasteiger partial charge in [0, 0.05) is 0 Å². The first kappa shape index (κ1) is 21.5. The topological polar surface area (TPSA) is 0 Å². The first-order valence-electron chi connectivity index (χ1n) is 7.33. The number of rotatable bonds is 2. The van der Waals surface area contributed by atoms with E-state index in [2.05, 4.69) is 31.9 Å². The lowest BCUT2D eigenvalue weighted by molar-refractivity contribution is 0.566. The summed E-state index contributed by atoms with van der Waals surface area (Å²) in [6.07, 6.45) is 0. The quantitative estimate of drug-likeness (QED) is 0.375. The van der Waals surface area contributed by atoms with Gasteiger partial charge in [0.05, 0.1) is 14.0 Å². The van der Waals surface area contributed by atoms with Crippen molar-refractivity contribution in [1.82, 2.24) is 0 Å². The number of hydrogen-bond donors (Lipinski definition) is 0. The van der Waals surface area contributed by atoms with Crippen molar-refractivity contribution in [2.45, 2.75) is 39.5 Å².